The lowest BCUT2D eigenvalue weighted by molar-refractivity contribution is -0.137. The van der Waals surface area contributed by atoms with E-state index in [1.165, 1.54) is 19.3 Å². The van der Waals surface area contributed by atoms with E-state index in [-0.39, 0.29) is 5.92 Å². The van der Waals surface area contributed by atoms with Gasteiger partial charge in [0.1, 0.15) is 5.82 Å². The SMILES string of the molecule is CN(C)c1nc(-c2ccccc2)nc2c1CN(C(=O)C1CCCCC1)CC2. The van der Waals surface area contributed by atoms with Crippen LogP contribution in [-0.2, 0) is 17.8 Å². The maximum absolute atomic E-state index is 13.0. The molecule has 0 atom stereocenters. The molecule has 5 nitrogen and oxygen atoms in total. The van der Waals surface area contributed by atoms with Gasteiger partial charge in [0, 0.05) is 44.1 Å². The normalized spacial score (nSPS) is 17.5. The van der Waals surface area contributed by atoms with Crippen LogP contribution in [0, 0.1) is 5.92 Å². The maximum Gasteiger partial charge on any atom is 0.225 e. The standard InChI is InChI=1S/C22H28N4O/c1-25(2)21-18-15-26(22(27)17-11-7-4-8-12-17)14-13-19(18)23-20(24-21)16-9-5-3-6-10-16/h3,5-6,9-10,17H,4,7-8,11-15H2,1-2H3. The van der Waals surface area contributed by atoms with Crippen LogP contribution in [-0.4, -0.2) is 41.4 Å². The highest BCUT2D eigenvalue weighted by Crippen LogP contribution is 2.31. The fraction of sp³-hybridized carbons (Fsp3) is 0.500. The van der Waals surface area contributed by atoms with Crippen molar-refractivity contribution in [3.05, 3.63) is 41.6 Å². The lowest BCUT2D eigenvalue weighted by Crippen LogP contribution is -2.41. The molecule has 0 saturated heterocycles. The Labute approximate surface area is 161 Å². The number of anilines is 1. The van der Waals surface area contributed by atoms with Crippen LogP contribution in [0.4, 0.5) is 5.82 Å². The highest BCUT2D eigenvalue weighted by Gasteiger charge is 2.31. The summed E-state index contributed by atoms with van der Waals surface area (Å²) in [5, 5.41) is 0. The van der Waals surface area contributed by atoms with Gasteiger partial charge in [-0.2, -0.15) is 0 Å². The minimum atomic E-state index is 0.215. The van der Waals surface area contributed by atoms with Gasteiger partial charge < -0.3 is 9.80 Å². The molecular formula is C22H28N4O. The fourth-order valence-electron chi connectivity index (χ4n) is 4.28. The molecule has 0 bridgehead atoms. The van der Waals surface area contributed by atoms with Gasteiger partial charge >= 0.3 is 0 Å². The van der Waals surface area contributed by atoms with E-state index >= 15 is 0 Å². The Morgan fingerprint density at radius 2 is 1.81 bits per heavy atom. The average molecular weight is 364 g/mol. The van der Waals surface area contributed by atoms with E-state index in [0.717, 1.165) is 54.3 Å². The Balaban J connectivity index is 1.63. The van der Waals surface area contributed by atoms with Gasteiger partial charge in [-0.25, -0.2) is 9.97 Å². The van der Waals surface area contributed by atoms with Crippen molar-refractivity contribution < 1.29 is 4.79 Å². The number of carbonyl (C=O) groups is 1. The molecule has 142 valence electrons. The van der Waals surface area contributed by atoms with E-state index in [1.807, 2.05) is 54.2 Å². The molecule has 0 unspecified atom stereocenters. The second kappa shape index (κ2) is 7.67. The summed E-state index contributed by atoms with van der Waals surface area (Å²) in [7, 11) is 4.03. The number of fused-ring (bicyclic) bond motifs is 1. The highest BCUT2D eigenvalue weighted by atomic mass is 16.2. The summed E-state index contributed by atoms with van der Waals surface area (Å²) >= 11 is 0. The van der Waals surface area contributed by atoms with Crippen LogP contribution in [0.3, 0.4) is 0 Å². The predicted octanol–water partition coefficient (Wildman–Crippen LogP) is 3.67. The van der Waals surface area contributed by atoms with Crippen molar-refractivity contribution in [2.45, 2.75) is 45.1 Å². The third-order valence-corrected chi connectivity index (χ3v) is 5.76. The Bertz CT molecular complexity index is 813. The molecule has 2 aliphatic rings. The van der Waals surface area contributed by atoms with E-state index < -0.39 is 0 Å². The summed E-state index contributed by atoms with van der Waals surface area (Å²) in [4.78, 5) is 26.8. The molecule has 1 aromatic heterocycles. The average Bonchev–Trinajstić information content (AvgIpc) is 2.73. The summed E-state index contributed by atoms with van der Waals surface area (Å²) in [6, 6.07) is 10.1. The quantitative estimate of drug-likeness (QED) is 0.834. The largest absolute Gasteiger partial charge is 0.362 e. The summed E-state index contributed by atoms with van der Waals surface area (Å²) in [6.07, 6.45) is 6.55. The monoisotopic (exact) mass is 364 g/mol. The van der Waals surface area contributed by atoms with Gasteiger partial charge in [0.2, 0.25) is 5.91 Å². The van der Waals surface area contributed by atoms with Crippen molar-refractivity contribution in [1.29, 1.82) is 0 Å². The van der Waals surface area contributed by atoms with Crippen LogP contribution in [0.1, 0.15) is 43.4 Å². The molecule has 0 N–H and O–H groups in total. The molecule has 1 aliphatic carbocycles. The molecule has 5 heteroatoms. The van der Waals surface area contributed by atoms with Gasteiger partial charge in [-0.3, -0.25) is 4.79 Å². The van der Waals surface area contributed by atoms with Crippen LogP contribution in [0.5, 0.6) is 0 Å². The van der Waals surface area contributed by atoms with Crippen LogP contribution in [0.2, 0.25) is 0 Å². The molecule has 1 aliphatic heterocycles. The van der Waals surface area contributed by atoms with Gasteiger partial charge in [0.05, 0.1) is 12.2 Å². The number of hydrogen-bond acceptors (Lipinski definition) is 4. The van der Waals surface area contributed by atoms with Crippen LogP contribution in [0.15, 0.2) is 30.3 Å². The maximum atomic E-state index is 13.0. The van der Waals surface area contributed by atoms with E-state index in [1.54, 1.807) is 0 Å². The summed E-state index contributed by atoms with van der Waals surface area (Å²) in [6.45, 7) is 1.40. The first-order chi connectivity index (χ1) is 13.1. The van der Waals surface area contributed by atoms with Crippen molar-refractivity contribution in [3.63, 3.8) is 0 Å². The van der Waals surface area contributed by atoms with Crippen molar-refractivity contribution in [1.82, 2.24) is 14.9 Å². The fourth-order valence-corrected chi connectivity index (χ4v) is 4.28. The number of nitrogens with zero attached hydrogens (tertiary/aromatic N) is 4. The van der Waals surface area contributed by atoms with Gasteiger partial charge in [-0.1, -0.05) is 49.6 Å². The molecule has 4 rings (SSSR count). The highest BCUT2D eigenvalue weighted by molar-refractivity contribution is 5.79. The second-order valence-electron chi connectivity index (χ2n) is 7.90. The number of amides is 1. The van der Waals surface area contributed by atoms with E-state index in [4.69, 9.17) is 9.97 Å². The summed E-state index contributed by atoms with van der Waals surface area (Å²) in [5.41, 5.74) is 3.22. The third-order valence-electron chi connectivity index (χ3n) is 5.76. The van der Waals surface area contributed by atoms with Gasteiger partial charge in [-0.15, -0.1) is 0 Å². The van der Waals surface area contributed by atoms with E-state index in [9.17, 15) is 4.79 Å². The lowest BCUT2D eigenvalue weighted by Gasteiger charge is -2.34. The number of hydrogen-bond donors (Lipinski definition) is 0. The van der Waals surface area contributed by atoms with Gasteiger partial charge in [0.15, 0.2) is 5.82 Å². The topological polar surface area (TPSA) is 49.3 Å². The Morgan fingerprint density at radius 3 is 2.52 bits per heavy atom. The minimum absolute atomic E-state index is 0.215. The number of rotatable bonds is 3. The predicted molar refractivity (Wildman–Crippen MR) is 107 cm³/mol. The van der Waals surface area contributed by atoms with Crippen LogP contribution >= 0.6 is 0 Å². The molecule has 2 aromatic rings. The Kier molecular flexibility index (Phi) is 5.10. The molecule has 1 fully saturated rings. The van der Waals surface area contributed by atoms with Crippen LogP contribution in [0.25, 0.3) is 11.4 Å². The van der Waals surface area contributed by atoms with Gasteiger partial charge in [0.25, 0.3) is 0 Å². The number of aromatic nitrogens is 2. The lowest BCUT2D eigenvalue weighted by atomic mass is 9.87. The molecule has 27 heavy (non-hydrogen) atoms. The van der Waals surface area contributed by atoms with Crippen LogP contribution < -0.4 is 4.90 Å². The minimum Gasteiger partial charge on any atom is -0.362 e. The molecule has 1 saturated carbocycles. The third kappa shape index (κ3) is 3.68. The molecule has 0 radical (unpaired) electrons. The summed E-state index contributed by atoms with van der Waals surface area (Å²) < 4.78 is 0. The van der Waals surface area contributed by atoms with Gasteiger partial charge in [-0.05, 0) is 12.8 Å². The molecular weight excluding hydrogens is 336 g/mol. The first-order valence-corrected chi connectivity index (χ1v) is 10.0. The molecule has 0 spiro atoms. The molecule has 1 aromatic carbocycles. The van der Waals surface area contributed by atoms with Crippen molar-refractivity contribution in [3.8, 4) is 11.4 Å². The second-order valence-corrected chi connectivity index (χ2v) is 7.90. The molecule has 1 amide bonds. The number of benzene rings is 1. The summed E-state index contributed by atoms with van der Waals surface area (Å²) in [5.74, 6) is 2.25. The van der Waals surface area contributed by atoms with Crippen molar-refractivity contribution >= 4 is 11.7 Å². The smallest absolute Gasteiger partial charge is 0.225 e. The van der Waals surface area contributed by atoms with E-state index in [0.29, 0.717) is 12.5 Å². The van der Waals surface area contributed by atoms with Crippen molar-refractivity contribution in [2.75, 3.05) is 25.5 Å². The van der Waals surface area contributed by atoms with Crippen molar-refractivity contribution in [2.24, 2.45) is 5.92 Å². The Morgan fingerprint density at radius 1 is 1.07 bits per heavy atom. The zero-order valence-corrected chi connectivity index (χ0v) is 16.3. The number of carbonyl (C=O) groups excluding carboxylic acids is 1. The zero-order valence-electron chi connectivity index (χ0n) is 16.3. The first kappa shape index (κ1) is 18.0. The zero-order chi connectivity index (χ0) is 18.8. The Hall–Kier alpha value is -2.43. The van der Waals surface area contributed by atoms with E-state index in [2.05, 4.69) is 0 Å². The molecule has 2 heterocycles. The first-order valence-electron chi connectivity index (χ1n) is 10.0.